The highest BCUT2D eigenvalue weighted by molar-refractivity contribution is 8.00. The van der Waals surface area contributed by atoms with Gasteiger partial charge in [0, 0.05) is 47.4 Å². The van der Waals surface area contributed by atoms with Crippen LogP contribution in [0.2, 0.25) is 0 Å². The summed E-state index contributed by atoms with van der Waals surface area (Å²) in [6.07, 6.45) is -0.761. The van der Waals surface area contributed by atoms with Crippen molar-refractivity contribution in [3.63, 3.8) is 0 Å². The summed E-state index contributed by atoms with van der Waals surface area (Å²) in [5.74, 6) is 0. The zero-order chi connectivity index (χ0) is 18.5. The number of benzene rings is 1. The number of halogens is 4. The molecule has 2 aromatic heterocycles. The number of hydrogen-bond acceptors (Lipinski definition) is 4. The van der Waals surface area contributed by atoms with Crippen molar-refractivity contribution >= 4 is 22.7 Å². The van der Waals surface area contributed by atoms with E-state index in [1.54, 1.807) is 6.07 Å². The highest BCUT2D eigenvalue weighted by Gasteiger charge is 2.39. The first-order valence-electron chi connectivity index (χ1n) is 7.67. The van der Waals surface area contributed by atoms with E-state index in [1.807, 2.05) is 0 Å². The van der Waals surface area contributed by atoms with Gasteiger partial charge in [-0.3, -0.25) is 9.55 Å². The molecule has 26 heavy (non-hydrogen) atoms. The van der Waals surface area contributed by atoms with E-state index in [2.05, 4.69) is 9.97 Å². The molecule has 1 unspecified atom stereocenters. The molecule has 0 radical (unpaired) electrons. The predicted molar refractivity (Wildman–Crippen MR) is 88.5 cm³/mol. The monoisotopic (exact) mass is 381 g/mol. The van der Waals surface area contributed by atoms with Crippen LogP contribution in [0.4, 0.5) is 17.6 Å². The van der Waals surface area contributed by atoms with E-state index in [-0.39, 0.29) is 34.3 Å². The maximum Gasteiger partial charge on any atom is 0.416 e. The summed E-state index contributed by atoms with van der Waals surface area (Å²) in [6.45, 7) is -0.0000673. The van der Waals surface area contributed by atoms with Crippen LogP contribution in [0, 0.1) is 0 Å². The number of nitrogens with zero attached hydrogens (tertiary/aromatic N) is 3. The van der Waals surface area contributed by atoms with Gasteiger partial charge in [0.15, 0.2) is 5.00 Å². The molecule has 1 aromatic carbocycles. The smallest absolute Gasteiger partial charge is 0.291 e. The molecule has 0 saturated heterocycles. The SMILES string of the molecule is O=c1ncc2cc(C(F)(F)F)cc3c2n1CCC(F)(c1cccnc1)S3. The van der Waals surface area contributed by atoms with Gasteiger partial charge < -0.3 is 0 Å². The lowest BCUT2D eigenvalue weighted by Crippen LogP contribution is -2.25. The Morgan fingerprint density at radius 3 is 2.73 bits per heavy atom. The molecule has 0 N–H and O–H groups in total. The average molecular weight is 381 g/mol. The molecule has 0 spiro atoms. The van der Waals surface area contributed by atoms with Gasteiger partial charge in [-0.05, 0) is 18.2 Å². The Hall–Kier alpha value is -2.42. The molecule has 3 aromatic rings. The summed E-state index contributed by atoms with van der Waals surface area (Å²) in [5.41, 5.74) is -1.01. The van der Waals surface area contributed by atoms with Gasteiger partial charge in [0.05, 0.1) is 11.1 Å². The fraction of sp³-hybridized carbons (Fsp3) is 0.235. The van der Waals surface area contributed by atoms with Crippen LogP contribution in [-0.2, 0) is 17.7 Å². The third-order valence-electron chi connectivity index (χ3n) is 4.27. The van der Waals surface area contributed by atoms with Gasteiger partial charge in [0.1, 0.15) is 0 Å². The van der Waals surface area contributed by atoms with Crippen LogP contribution in [0.1, 0.15) is 17.5 Å². The summed E-state index contributed by atoms with van der Waals surface area (Å²) < 4.78 is 56.7. The molecule has 4 rings (SSSR count). The lowest BCUT2D eigenvalue weighted by molar-refractivity contribution is -0.137. The number of aryl methyl sites for hydroxylation is 1. The molecule has 0 fully saturated rings. The van der Waals surface area contributed by atoms with Crippen LogP contribution in [0.25, 0.3) is 10.9 Å². The van der Waals surface area contributed by atoms with Crippen LogP contribution in [-0.4, -0.2) is 14.5 Å². The zero-order valence-corrected chi connectivity index (χ0v) is 13.9. The third kappa shape index (κ3) is 2.76. The second kappa shape index (κ2) is 5.80. The fourth-order valence-corrected chi connectivity index (χ4v) is 4.31. The Morgan fingerprint density at radius 2 is 2.04 bits per heavy atom. The number of alkyl halides is 4. The number of rotatable bonds is 1. The van der Waals surface area contributed by atoms with Crippen LogP contribution in [0.5, 0.6) is 0 Å². The lowest BCUT2D eigenvalue weighted by Gasteiger charge is -2.23. The molecule has 0 amide bonds. The third-order valence-corrected chi connectivity index (χ3v) is 5.56. The van der Waals surface area contributed by atoms with E-state index < -0.39 is 22.4 Å². The minimum atomic E-state index is -4.59. The Morgan fingerprint density at radius 1 is 1.23 bits per heavy atom. The van der Waals surface area contributed by atoms with E-state index in [9.17, 15) is 18.0 Å². The summed E-state index contributed by atoms with van der Waals surface area (Å²) in [7, 11) is 0. The maximum atomic E-state index is 15.7. The Kier molecular flexibility index (Phi) is 3.80. The van der Waals surface area contributed by atoms with Crippen LogP contribution < -0.4 is 5.69 Å². The van der Waals surface area contributed by atoms with Crippen molar-refractivity contribution in [3.05, 3.63) is 64.5 Å². The first kappa shape index (κ1) is 17.0. The molecule has 1 aliphatic heterocycles. The predicted octanol–water partition coefficient (Wildman–Crippen LogP) is 4.13. The van der Waals surface area contributed by atoms with Gasteiger partial charge in [-0.2, -0.15) is 13.2 Å². The van der Waals surface area contributed by atoms with E-state index >= 15 is 4.39 Å². The first-order chi connectivity index (χ1) is 12.3. The van der Waals surface area contributed by atoms with Crippen molar-refractivity contribution < 1.29 is 17.6 Å². The fourth-order valence-electron chi connectivity index (χ4n) is 3.02. The Bertz CT molecular complexity index is 1050. The van der Waals surface area contributed by atoms with Crippen molar-refractivity contribution in [3.8, 4) is 0 Å². The minimum Gasteiger partial charge on any atom is -0.291 e. The van der Waals surface area contributed by atoms with Gasteiger partial charge in [0.2, 0.25) is 0 Å². The van der Waals surface area contributed by atoms with Crippen molar-refractivity contribution in [1.82, 2.24) is 14.5 Å². The highest BCUT2D eigenvalue weighted by atomic mass is 32.2. The van der Waals surface area contributed by atoms with Crippen molar-refractivity contribution in [2.75, 3.05) is 0 Å². The van der Waals surface area contributed by atoms with E-state index in [4.69, 9.17) is 0 Å². The Balaban J connectivity index is 1.98. The summed E-state index contributed by atoms with van der Waals surface area (Å²) in [5, 5.41) is -1.86. The number of pyridine rings is 1. The van der Waals surface area contributed by atoms with Crippen molar-refractivity contribution in [2.45, 2.75) is 29.0 Å². The molecule has 9 heteroatoms. The van der Waals surface area contributed by atoms with Crippen molar-refractivity contribution in [1.29, 1.82) is 0 Å². The molecule has 134 valence electrons. The standard InChI is InChI=1S/C17H11F4N3OS/c18-16(11-2-1-4-22-9-11)3-5-24-14-10(8-23-15(24)25)6-12(17(19,20)21)7-13(14)26-16/h1-2,4,6-9H,3,5H2. The van der Waals surface area contributed by atoms with Crippen LogP contribution >= 0.6 is 11.8 Å². The molecular formula is C17H11F4N3OS. The quantitative estimate of drug-likeness (QED) is 0.595. The van der Waals surface area contributed by atoms with Crippen molar-refractivity contribution in [2.24, 2.45) is 0 Å². The van der Waals surface area contributed by atoms with E-state index in [0.717, 1.165) is 18.3 Å². The topological polar surface area (TPSA) is 47.8 Å². The first-order valence-corrected chi connectivity index (χ1v) is 8.49. The van der Waals surface area contributed by atoms with Gasteiger partial charge in [-0.1, -0.05) is 17.8 Å². The van der Waals surface area contributed by atoms with Crippen LogP contribution in [0.15, 0.2) is 52.5 Å². The molecular weight excluding hydrogens is 370 g/mol. The van der Waals surface area contributed by atoms with Gasteiger partial charge in [0.25, 0.3) is 0 Å². The Labute approximate surface area is 148 Å². The number of aromatic nitrogens is 3. The highest BCUT2D eigenvalue weighted by Crippen LogP contribution is 2.50. The van der Waals surface area contributed by atoms with Gasteiger partial charge in [-0.25, -0.2) is 14.2 Å². The summed E-state index contributed by atoms with van der Waals surface area (Å²) in [6, 6.07) is 4.91. The van der Waals surface area contributed by atoms with Crippen LogP contribution in [0.3, 0.4) is 0 Å². The molecule has 0 aliphatic carbocycles. The van der Waals surface area contributed by atoms with E-state index in [1.165, 1.54) is 23.0 Å². The normalized spacial score (nSPS) is 20.2. The lowest BCUT2D eigenvalue weighted by atomic mass is 10.1. The average Bonchev–Trinajstić information content (AvgIpc) is 2.76. The largest absolute Gasteiger partial charge is 0.416 e. The number of thioether (sulfide) groups is 1. The molecule has 0 saturated carbocycles. The number of hydrogen-bond donors (Lipinski definition) is 0. The molecule has 0 bridgehead atoms. The molecule has 1 aliphatic rings. The second-order valence-electron chi connectivity index (χ2n) is 5.92. The molecule has 3 heterocycles. The minimum absolute atomic E-state index is 0.0000673. The second-order valence-corrected chi connectivity index (χ2v) is 7.22. The van der Waals surface area contributed by atoms with Gasteiger partial charge >= 0.3 is 11.9 Å². The van der Waals surface area contributed by atoms with Gasteiger partial charge in [-0.15, -0.1) is 0 Å². The summed E-state index contributed by atoms with van der Waals surface area (Å²) >= 11 is 0.671. The zero-order valence-electron chi connectivity index (χ0n) is 13.1. The molecule has 4 nitrogen and oxygen atoms in total. The van der Waals surface area contributed by atoms with E-state index in [0.29, 0.717) is 11.8 Å². The maximum absolute atomic E-state index is 15.7. The summed E-state index contributed by atoms with van der Waals surface area (Å²) in [4.78, 5) is 19.7. The molecule has 1 atom stereocenters.